The second-order valence-electron chi connectivity index (χ2n) is 11.5. The van der Waals surface area contributed by atoms with E-state index in [2.05, 4.69) is 67.5 Å². The average molecular weight is 585 g/mol. The predicted molar refractivity (Wildman–Crippen MR) is 163 cm³/mol. The lowest BCUT2D eigenvalue weighted by molar-refractivity contribution is -0.0601. The first kappa shape index (κ1) is 30.2. The number of imidazole rings is 1. The van der Waals surface area contributed by atoms with Crippen LogP contribution in [-0.2, 0) is 25.3 Å². The molecular formula is C29H45BN6O4S. The molecule has 2 aromatic rings. The number of nitrogens with two attached hydrogens (primary N) is 1. The molecule has 12 heteroatoms. The van der Waals surface area contributed by atoms with Crippen LogP contribution in [0.4, 0.5) is 5.82 Å². The van der Waals surface area contributed by atoms with Crippen LogP contribution in [0.15, 0.2) is 34.0 Å². The molecule has 0 spiro atoms. The van der Waals surface area contributed by atoms with E-state index in [4.69, 9.17) is 29.5 Å². The van der Waals surface area contributed by atoms with Gasteiger partial charge in [0, 0.05) is 19.0 Å². The largest absolute Gasteiger partial charge is 0.458 e. The summed E-state index contributed by atoms with van der Waals surface area (Å²) in [6.07, 6.45) is 9.71. The van der Waals surface area contributed by atoms with Gasteiger partial charge in [-0.25, -0.2) is 15.0 Å². The fraction of sp³-hybridized carbons (Fsp3) is 0.690. The minimum Gasteiger partial charge on any atom is -0.458 e. The second-order valence-corrected chi connectivity index (χ2v) is 12.5. The van der Waals surface area contributed by atoms with Crippen LogP contribution in [0.2, 0.25) is 6.32 Å². The molecule has 0 saturated carbocycles. The molecule has 224 valence electrons. The van der Waals surface area contributed by atoms with Crippen LogP contribution in [0, 0.1) is 5.92 Å². The van der Waals surface area contributed by atoms with Gasteiger partial charge in [-0.3, -0.25) is 0 Å². The first-order chi connectivity index (χ1) is 19.8. The van der Waals surface area contributed by atoms with Crippen LogP contribution < -0.4 is 11.1 Å². The third-order valence-electron chi connectivity index (χ3n) is 8.98. The topological polar surface area (TPSA) is 119 Å². The maximum Gasteiger partial charge on any atom is 0.458 e. The van der Waals surface area contributed by atoms with Crippen molar-refractivity contribution in [3.05, 3.63) is 28.8 Å². The van der Waals surface area contributed by atoms with Crippen LogP contribution in [0.1, 0.15) is 80.1 Å². The van der Waals surface area contributed by atoms with Gasteiger partial charge in [-0.15, -0.1) is 0 Å². The highest BCUT2D eigenvalue weighted by Crippen LogP contribution is 2.50. The number of fused-ring (bicyclic) bond motifs is 1. The Morgan fingerprint density at radius 3 is 2.46 bits per heavy atom. The van der Waals surface area contributed by atoms with Crippen molar-refractivity contribution in [3.8, 4) is 0 Å². The van der Waals surface area contributed by atoms with Crippen molar-refractivity contribution in [2.45, 2.75) is 115 Å². The molecule has 2 aromatic heterocycles. The van der Waals surface area contributed by atoms with E-state index in [1.807, 2.05) is 0 Å². The summed E-state index contributed by atoms with van der Waals surface area (Å²) < 4.78 is 27.5. The highest BCUT2D eigenvalue weighted by Gasteiger charge is 2.58. The minimum absolute atomic E-state index is 0.126. The smallest absolute Gasteiger partial charge is 0.458 e. The second kappa shape index (κ2) is 12.5. The zero-order chi connectivity index (χ0) is 29.2. The van der Waals surface area contributed by atoms with Gasteiger partial charge < -0.3 is 34.4 Å². The van der Waals surface area contributed by atoms with Crippen molar-refractivity contribution in [3.63, 3.8) is 0 Å². The van der Waals surface area contributed by atoms with Crippen molar-refractivity contribution in [2.24, 2.45) is 5.92 Å². The summed E-state index contributed by atoms with van der Waals surface area (Å²) in [4.78, 5) is 14.8. The number of thioether (sulfide) groups is 1. The summed E-state index contributed by atoms with van der Waals surface area (Å²) in [5.41, 5.74) is 7.07. The summed E-state index contributed by atoms with van der Waals surface area (Å²) in [7, 11) is -0.296. The van der Waals surface area contributed by atoms with E-state index < -0.39 is 0 Å². The van der Waals surface area contributed by atoms with E-state index in [-0.39, 0.29) is 31.0 Å². The lowest BCUT2D eigenvalue weighted by Gasteiger charge is -2.42. The van der Waals surface area contributed by atoms with E-state index in [0.29, 0.717) is 17.4 Å². The summed E-state index contributed by atoms with van der Waals surface area (Å²) in [6, 6.07) is 0.434. The number of rotatable bonds is 13. The number of anilines is 1. The number of allylic oxidation sites excluding steroid dienone is 3. The molecule has 5 rings (SSSR count). The molecule has 0 aromatic carbocycles. The van der Waals surface area contributed by atoms with E-state index >= 15 is 0 Å². The molecule has 41 heavy (non-hydrogen) atoms. The number of nitrogens with one attached hydrogen (secondary N) is 1. The quantitative estimate of drug-likeness (QED) is 0.226. The fourth-order valence-corrected chi connectivity index (χ4v) is 7.77. The maximum atomic E-state index is 6.82. The van der Waals surface area contributed by atoms with Gasteiger partial charge in [0.1, 0.15) is 12.1 Å². The first-order valence-corrected chi connectivity index (χ1v) is 16.0. The molecule has 2 aliphatic heterocycles. The zero-order valence-electron chi connectivity index (χ0n) is 25.4. The van der Waals surface area contributed by atoms with Gasteiger partial charge in [-0.1, -0.05) is 53.3 Å². The molecule has 1 aliphatic carbocycles. The molecule has 1 atom stereocenters. The lowest BCUT2D eigenvalue weighted by atomic mass is 9.74. The van der Waals surface area contributed by atoms with Gasteiger partial charge in [0.05, 0.1) is 11.2 Å². The SMILES string of the molecule is CCC1(CC)OB(CC2CC3=C(C=C2Sc2nc4c(N)ncnc4n2CCCNC(C)C)OCO3)OC1(CC)CC. The molecule has 1 saturated heterocycles. The molecule has 3 aliphatic rings. The van der Waals surface area contributed by atoms with Crippen molar-refractivity contribution < 1.29 is 18.8 Å². The minimum atomic E-state index is -0.296. The van der Waals surface area contributed by atoms with Gasteiger partial charge >= 0.3 is 7.12 Å². The fourth-order valence-electron chi connectivity index (χ4n) is 6.62. The third kappa shape index (κ3) is 5.72. The van der Waals surface area contributed by atoms with Crippen molar-refractivity contribution in [1.29, 1.82) is 0 Å². The molecule has 0 radical (unpaired) electrons. The Hall–Kier alpha value is -2.28. The van der Waals surface area contributed by atoms with Gasteiger partial charge in [-0.05, 0) is 61.9 Å². The third-order valence-corrected chi connectivity index (χ3v) is 10.2. The number of aromatic nitrogens is 4. The molecule has 0 bridgehead atoms. The van der Waals surface area contributed by atoms with Crippen molar-refractivity contribution >= 4 is 35.9 Å². The number of hydrogen-bond acceptors (Lipinski definition) is 10. The van der Waals surface area contributed by atoms with Crippen molar-refractivity contribution in [1.82, 2.24) is 24.8 Å². The molecule has 0 amide bonds. The Bertz CT molecular complexity index is 1270. The summed E-state index contributed by atoms with van der Waals surface area (Å²) in [5.74, 6) is 2.21. The van der Waals surface area contributed by atoms with Gasteiger partial charge in [-0.2, -0.15) is 0 Å². The molecule has 1 fully saturated rings. The Balaban J connectivity index is 1.43. The Morgan fingerprint density at radius 2 is 1.80 bits per heavy atom. The molecule has 10 nitrogen and oxygen atoms in total. The first-order valence-electron chi connectivity index (χ1n) is 15.2. The maximum absolute atomic E-state index is 6.82. The van der Waals surface area contributed by atoms with Crippen LogP contribution in [0.3, 0.4) is 0 Å². The van der Waals surface area contributed by atoms with Crippen LogP contribution in [0.5, 0.6) is 0 Å². The number of nitrogen functional groups attached to an aromatic ring is 1. The van der Waals surface area contributed by atoms with Crippen LogP contribution >= 0.6 is 11.8 Å². The highest BCUT2D eigenvalue weighted by molar-refractivity contribution is 8.03. The van der Waals surface area contributed by atoms with Crippen LogP contribution in [0.25, 0.3) is 11.2 Å². The number of nitrogens with zero attached hydrogens (tertiary/aromatic N) is 4. The molecule has 3 N–H and O–H groups in total. The average Bonchev–Trinajstić information content (AvgIpc) is 3.65. The summed E-state index contributed by atoms with van der Waals surface area (Å²) >= 11 is 1.64. The molecule has 1 unspecified atom stereocenters. The molecule has 4 heterocycles. The highest BCUT2D eigenvalue weighted by atomic mass is 32.2. The van der Waals surface area contributed by atoms with Gasteiger partial charge in [0.15, 0.2) is 27.9 Å². The number of ether oxygens (including phenoxy) is 2. The van der Waals surface area contributed by atoms with Crippen LogP contribution in [-0.4, -0.2) is 57.2 Å². The monoisotopic (exact) mass is 584 g/mol. The summed E-state index contributed by atoms with van der Waals surface area (Å²) in [5, 5.41) is 4.34. The van der Waals surface area contributed by atoms with E-state index in [9.17, 15) is 0 Å². The molecular weight excluding hydrogens is 539 g/mol. The predicted octanol–water partition coefficient (Wildman–Crippen LogP) is 5.66. The van der Waals surface area contributed by atoms with Gasteiger partial charge in [0.25, 0.3) is 0 Å². The normalized spacial score (nSPS) is 21.4. The Labute approximate surface area is 248 Å². The summed E-state index contributed by atoms with van der Waals surface area (Å²) in [6.45, 7) is 15.1. The van der Waals surface area contributed by atoms with Crippen molar-refractivity contribution in [2.75, 3.05) is 19.1 Å². The number of aryl methyl sites for hydroxylation is 1. The van der Waals surface area contributed by atoms with E-state index in [1.54, 1.807) is 11.8 Å². The Morgan fingerprint density at radius 1 is 1.10 bits per heavy atom. The Kier molecular flexibility index (Phi) is 9.23. The standard InChI is InChI=1S/C29H45BN6O4S/c1-7-28(8-2)29(9-3,10-4)40-30(39-28)16-20-14-21-22(38-18-37-21)15-23(20)41-27-35-24-25(31)33-17-34-26(24)36(27)13-11-12-32-19(5)6/h15,17,19-20,32H,7-14,16,18H2,1-6H3,(H2,31,33,34). The lowest BCUT2D eigenvalue weighted by Crippen LogP contribution is -2.50. The van der Waals surface area contributed by atoms with E-state index in [0.717, 1.165) is 85.2 Å². The number of hydrogen-bond donors (Lipinski definition) is 2. The van der Waals surface area contributed by atoms with E-state index in [1.165, 1.54) is 6.33 Å². The van der Waals surface area contributed by atoms with Gasteiger partial charge in [0.2, 0.25) is 6.79 Å². The zero-order valence-corrected chi connectivity index (χ0v) is 26.2.